The van der Waals surface area contributed by atoms with E-state index >= 15 is 0 Å². The highest BCUT2D eigenvalue weighted by molar-refractivity contribution is 5.73. The van der Waals surface area contributed by atoms with E-state index in [0.29, 0.717) is 5.76 Å². The predicted octanol–water partition coefficient (Wildman–Crippen LogP) is 3.01. The number of ether oxygens (including phenoxy) is 2. The number of aliphatic carboxylic acids is 1. The molecule has 5 rings (SSSR count). The van der Waals surface area contributed by atoms with E-state index in [4.69, 9.17) is 14.6 Å². The van der Waals surface area contributed by atoms with Crippen LogP contribution in [0.1, 0.15) is 25.8 Å². The number of carbonyl (C=O) groups is 1. The fourth-order valence-electron chi connectivity index (χ4n) is 4.88. The van der Waals surface area contributed by atoms with Crippen molar-refractivity contribution in [3.8, 4) is 0 Å². The third-order valence-electron chi connectivity index (χ3n) is 6.10. The van der Waals surface area contributed by atoms with E-state index in [-0.39, 0.29) is 17.3 Å². The van der Waals surface area contributed by atoms with Crippen molar-refractivity contribution in [1.82, 2.24) is 0 Å². The lowest BCUT2D eigenvalue weighted by molar-refractivity contribution is -0.141. The zero-order chi connectivity index (χ0) is 20.3. The van der Waals surface area contributed by atoms with Gasteiger partial charge in [0.1, 0.15) is 12.2 Å². The van der Waals surface area contributed by atoms with Gasteiger partial charge in [-0.2, -0.15) is 0 Å². The molecule has 6 heteroatoms. The van der Waals surface area contributed by atoms with Crippen LogP contribution in [-0.2, 0) is 19.7 Å². The number of fused-ring (bicyclic) bond motifs is 5. The van der Waals surface area contributed by atoms with Crippen LogP contribution in [0.15, 0.2) is 70.9 Å². The number of allylic oxidation sites excluding steroid dienone is 2. The molecule has 0 bridgehead atoms. The summed E-state index contributed by atoms with van der Waals surface area (Å²) in [6.45, 7) is 4.80. The fraction of sp³-hybridized carbons (Fsp3) is 0.348. The first-order chi connectivity index (χ1) is 13.9. The smallest absolute Gasteiger partial charge is 0.341 e. The van der Waals surface area contributed by atoms with Gasteiger partial charge in [0.05, 0.1) is 0 Å². The molecule has 2 atom stereocenters. The van der Waals surface area contributed by atoms with Gasteiger partial charge in [0.2, 0.25) is 0 Å². The molecule has 1 aliphatic carbocycles. The Morgan fingerprint density at radius 3 is 2.93 bits per heavy atom. The van der Waals surface area contributed by atoms with E-state index < -0.39 is 18.7 Å². The van der Waals surface area contributed by atoms with Crippen molar-refractivity contribution in [3.05, 3.63) is 76.4 Å². The van der Waals surface area contributed by atoms with E-state index in [1.807, 2.05) is 6.08 Å². The lowest BCUT2D eigenvalue weighted by atomic mass is 9.79. The molecule has 150 valence electrons. The highest BCUT2D eigenvalue weighted by Crippen LogP contribution is 2.52. The monoisotopic (exact) mass is 393 g/mol. The average molecular weight is 393 g/mol. The standard InChI is InChI=1S/C23H23NO5/c1-23(2)15-5-3-4-6-16(15)24-10-9-18-14(22(23)24)11-13-7-8-17(25)21(20(13)29-18)28-12-19(26)27/h3-8,11,17-18,25H,9-10,12H2,1-2H3,(H,26,27). The first-order valence-corrected chi connectivity index (χ1v) is 9.83. The van der Waals surface area contributed by atoms with E-state index in [2.05, 4.69) is 49.1 Å². The molecular formula is C23H23NO5. The Morgan fingerprint density at radius 1 is 1.34 bits per heavy atom. The molecule has 2 N–H and O–H groups in total. The van der Waals surface area contributed by atoms with Crippen molar-refractivity contribution < 1.29 is 24.5 Å². The van der Waals surface area contributed by atoms with Crippen LogP contribution < -0.4 is 4.90 Å². The number of nitrogens with zero attached hydrogens (tertiary/aromatic N) is 1. The van der Waals surface area contributed by atoms with Crippen LogP contribution in [0, 0.1) is 0 Å². The Kier molecular flexibility index (Phi) is 3.90. The predicted molar refractivity (Wildman–Crippen MR) is 107 cm³/mol. The Bertz CT molecular complexity index is 1030. The Labute approximate surface area is 169 Å². The Morgan fingerprint density at radius 2 is 2.14 bits per heavy atom. The van der Waals surface area contributed by atoms with Crippen molar-refractivity contribution in [1.29, 1.82) is 0 Å². The van der Waals surface area contributed by atoms with E-state index in [0.717, 1.165) is 24.1 Å². The molecule has 0 radical (unpaired) electrons. The summed E-state index contributed by atoms with van der Waals surface area (Å²) in [6, 6.07) is 8.51. The number of benzene rings is 1. The average Bonchev–Trinajstić information content (AvgIpc) is 2.93. The van der Waals surface area contributed by atoms with Crippen LogP contribution in [0.5, 0.6) is 0 Å². The third kappa shape index (κ3) is 2.63. The molecule has 0 fully saturated rings. The number of anilines is 1. The van der Waals surface area contributed by atoms with Crippen molar-refractivity contribution in [3.63, 3.8) is 0 Å². The molecule has 0 saturated heterocycles. The molecule has 0 amide bonds. The third-order valence-corrected chi connectivity index (χ3v) is 6.10. The van der Waals surface area contributed by atoms with Gasteiger partial charge in [-0.25, -0.2) is 4.79 Å². The highest BCUT2D eigenvalue weighted by Gasteiger charge is 2.46. The van der Waals surface area contributed by atoms with Gasteiger partial charge in [0, 0.05) is 40.9 Å². The van der Waals surface area contributed by atoms with Crippen LogP contribution in [0.25, 0.3) is 0 Å². The van der Waals surface area contributed by atoms with Crippen molar-refractivity contribution in [2.75, 3.05) is 18.1 Å². The summed E-state index contributed by atoms with van der Waals surface area (Å²) < 4.78 is 11.7. The Balaban J connectivity index is 1.63. The first kappa shape index (κ1) is 18.1. The highest BCUT2D eigenvalue weighted by atomic mass is 16.5. The number of aliphatic hydroxyl groups is 1. The molecule has 6 nitrogen and oxygen atoms in total. The van der Waals surface area contributed by atoms with Crippen molar-refractivity contribution in [2.45, 2.75) is 37.9 Å². The lowest BCUT2D eigenvalue weighted by Gasteiger charge is -2.40. The maximum absolute atomic E-state index is 10.9. The van der Waals surface area contributed by atoms with Gasteiger partial charge in [0.15, 0.2) is 18.1 Å². The van der Waals surface area contributed by atoms with Gasteiger partial charge in [-0.15, -0.1) is 0 Å². The zero-order valence-corrected chi connectivity index (χ0v) is 16.4. The normalized spacial score (nSPS) is 26.2. The van der Waals surface area contributed by atoms with Crippen LogP contribution in [-0.4, -0.2) is 41.5 Å². The minimum atomic E-state index is -1.09. The number of carboxylic acids is 1. The van der Waals surface area contributed by atoms with Crippen LogP contribution in [0.3, 0.4) is 0 Å². The number of hydrogen-bond acceptors (Lipinski definition) is 5. The minimum absolute atomic E-state index is 0.146. The zero-order valence-electron chi connectivity index (χ0n) is 16.4. The molecule has 29 heavy (non-hydrogen) atoms. The molecular weight excluding hydrogens is 370 g/mol. The molecule has 1 aromatic carbocycles. The van der Waals surface area contributed by atoms with Crippen LogP contribution >= 0.6 is 0 Å². The number of carboxylic acid groups (broad SMARTS) is 1. The molecule has 3 heterocycles. The van der Waals surface area contributed by atoms with E-state index in [9.17, 15) is 9.90 Å². The first-order valence-electron chi connectivity index (χ1n) is 9.83. The second kappa shape index (κ2) is 6.26. The minimum Gasteiger partial charge on any atom is -0.481 e. The van der Waals surface area contributed by atoms with E-state index in [1.54, 1.807) is 6.08 Å². The maximum Gasteiger partial charge on any atom is 0.341 e. The molecule has 2 unspecified atom stereocenters. The second-order valence-corrected chi connectivity index (χ2v) is 8.27. The number of rotatable bonds is 3. The second-order valence-electron chi connectivity index (χ2n) is 8.27. The summed E-state index contributed by atoms with van der Waals surface area (Å²) in [5.41, 5.74) is 5.58. The van der Waals surface area contributed by atoms with Gasteiger partial charge in [-0.3, -0.25) is 0 Å². The van der Waals surface area contributed by atoms with Gasteiger partial charge in [-0.1, -0.05) is 38.1 Å². The molecule has 4 aliphatic rings. The summed E-state index contributed by atoms with van der Waals surface area (Å²) in [7, 11) is 0. The molecule has 0 spiro atoms. The van der Waals surface area contributed by atoms with Crippen molar-refractivity contribution >= 4 is 11.7 Å². The summed E-state index contributed by atoms with van der Waals surface area (Å²) in [5.74, 6) is -0.484. The fourth-order valence-corrected chi connectivity index (χ4v) is 4.88. The van der Waals surface area contributed by atoms with Crippen LogP contribution in [0.2, 0.25) is 0 Å². The number of hydrogen-bond donors (Lipinski definition) is 2. The Hall–Kier alpha value is -2.99. The summed E-state index contributed by atoms with van der Waals surface area (Å²) in [4.78, 5) is 13.3. The summed E-state index contributed by atoms with van der Waals surface area (Å²) >= 11 is 0. The van der Waals surface area contributed by atoms with Gasteiger partial charge < -0.3 is 24.6 Å². The topological polar surface area (TPSA) is 79.2 Å². The molecule has 0 aromatic heterocycles. The molecule has 1 aromatic rings. The number of aliphatic hydroxyl groups excluding tert-OH is 1. The number of para-hydroxylation sites is 1. The van der Waals surface area contributed by atoms with Gasteiger partial charge >= 0.3 is 5.97 Å². The molecule has 0 saturated carbocycles. The summed E-state index contributed by atoms with van der Waals surface area (Å²) in [5, 5.41) is 19.2. The van der Waals surface area contributed by atoms with Crippen molar-refractivity contribution in [2.24, 2.45) is 0 Å². The summed E-state index contributed by atoms with van der Waals surface area (Å²) in [6.07, 6.45) is 5.13. The maximum atomic E-state index is 10.9. The quantitative estimate of drug-likeness (QED) is 0.822. The lowest BCUT2D eigenvalue weighted by Crippen LogP contribution is -2.40. The van der Waals surface area contributed by atoms with Crippen LogP contribution in [0.4, 0.5) is 5.69 Å². The molecule has 3 aliphatic heterocycles. The van der Waals surface area contributed by atoms with Gasteiger partial charge in [-0.05, 0) is 23.8 Å². The SMILES string of the molecule is CC1(C)C2=C3C=C4C=CC(O)C(OCC(=O)O)=C4OC3CCN2c2ccccc21. The van der Waals surface area contributed by atoms with E-state index in [1.165, 1.54) is 16.9 Å². The van der Waals surface area contributed by atoms with Gasteiger partial charge in [0.25, 0.3) is 0 Å². The largest absolute Gasteiger partial charge is 0.481 e.